The molecule has 0 aromatic heterocycles. The van der Waals surface area contributed by atoms with Gasteiger partial charge in [0.05, 0.1) is 11.6 Å². The summed E-state index contributed by atoms with van der Waals surface area (Å²) in [5.74, 6) is 1.19. The molecular formula is C30H29N3. The van der Waals surface area contributed by atoms with Crippen molar-refractivity contribution in [2.45, 2.75) is 13.0 Å². The smallest absolute Gasteiger partial charge is 0.0991 e. The molecule has 1 aliphatic rings. The zero-order valence-electron chi connectivity index (χ0n) is 18.8. The van der Waals surface area contributed by atoms with E-state index in [9.17, 15) is 5.26 Å². The maximum Gasteiger partial charge on any atom is 0.0991 e. The van der Waals surface area contributed by atoms with Gasteiger partial charge in [0.15, 0.2) is 0 Å². The van der Waals surface area contributed by atoms with Crippen LogP contribution < -0.4 is 10.2 Å². The zero-order valence-corrected chi connectivity index (χ0v) is 18.8. The van der Waals surface area contributed by atoms with Crippen molar-refractivity contribution in [3.8, 4) is 6.07 Å². The highest BCUT2D eigenvalue weighted by Gasteiger charge is 2.29. The molecule has 1 heterocycles. The molecule has 4 aromatic carbocycles. The maximum absolute atomic E-state index is 9.24. The number of hydrogen-bond acceptors (Lipinski definition) is 3. The summed E-state index contributed by atoms with van der Waals surface area (Å²) in [6.07, 6.45) is 1.11. The highest BCUT2D eigenvalue weighted by molar-refractivity contribution is 5.83. The Labute approximate surface area is 196 Å². The van der Waals surface area contributed by atoms with Crippen LogP contribution in [-0.2, 0) is 13.0 Å². The number of anilines is 1. The van der Waals surface area contributed by atoms with Gasteiger partial charge in [0.1, 0.15) is 0 Å². The lowest BCUT2D eigenvalue weighted by Gasteiger charge is -2.30. The molecule has 4 aromatic rings. The van der Waals surface area contributed by atoms with E-state index in [4.69, 9.17) is 0 Å². The Morgan fingerprint density at radius 1 is 0.758 bits per heavy atom. The van der Waals surface area contributed by atoms with Crippen LogP contribution in [-0.4, -0.2) is 19.6 Å². The Bertz CT molecular complexity index is 1240. The standard InChI is InChI=1S/C30H29N3/c31-18-24-11-14-30(15-12-24)33(21-25-10-13-26-8-4-5-9-27(26)17-25)22-29-20-32-19-28(29)16-23-6-2-1-3-7-23/h1-15,17,28-29,32H,16,19-22H2. The molecule has 0 saturated carbocycles. The molecule has 2 unspecified atom stereocenters. The van der Waals surface area contributed by atoms with Gasteiger partial charge >= 0.3 is 0 Å². The van der Waals surface area contributed by atoms with E-state index in [0.717, 1.165) is 32.6 Å². The van der Waals surface area contributed by atoms with Crippen molar-refractivity contribution < 1.29 is 0 Å². The fraction of sp³-hybridized carbons (Fsp3) is 0.233. The van der Waals surface area contributed by atoms with Crippen molar-refractivity contribution in [3.63, 3.8) is 0 Å². The average Bonchev–Trinajstić information content (AvgIpc) is 3.30. The highest BCUT2D eigenvalue weighted by atomic mass is 15.1. The number of nitriles is 1. The van der Waals surface area contributed by atoms with Gasteiger partial charge in [-0.3, -0.25) is 0 Å². The molecule has 1 saturated heterocycles. The molecule has 2 atom stereocenters. The van der Waals surface area contributed by atoms with Gasteiger partial charge in [-0.1, -0.05) is 66.7 Å². The first kappa shape index (κ1) is 21.2. The van der Waals surface area contributed by atoms with Crippen LogP contribution in [0.3, 0.4) is 0 Å². The first-order valence-electron chi connectivity index (χ1n) is 11.8. The zero-order chi connectivity index (χ0) is 22.5. The Morgan fingerprint density at radius 2 is 1.48 bits per heavy atom. The number of rotatable bonds is 7. The summed E-state index contributed by atoms with van der Waals surface area (Å²) >= 11 is 0. The molecule has 5 rings (SSSR count). The first-order chi connectivity index (χ1) is 16.3. The van der Waals surface area contributed by atoms with Gasteiger partial charge in [-0.05, 0) is 83.6 Å². The van der Waals surface area contributed by atoms with Crippen molar-refractivity contribution in [3.05, 3.63) is 114 Å². The van der Waals surface area contributed by atoms with Crippen LogP contribution in [0.2, 0.25) is 0 Å². The Kier molecular flexibility index (Phi) is 6.37. The molecule has 164 valence electrons. The fourth-order valence-corrected chi connectivity index (χ4v) is 5.01. The molecular weight excluding hydrogens is 402 g/mol. The van der Waals surface area contributed by atoms with E-state index >= 15 is 0 Å². The number of benzene rings is 4. The van der Waals surface area contributed by atoms with Gasteiger partial charge in [0, 0.05) is 18.8 Å². The molecule has 1 fully saturated rings. The van der Waals surface area contributed by atoms with Crippen LogP contribution in [0.5, 0.6) is 0 Å². The number of hydrogen-bond donors (Lipinski definition) is 1. The van der Waals surface area contributed by atoms with Crippen LogP contribution in [0.1, 0.15) is 16.7 Å². The monoisotopic (exact) mass is 431 g/mol. The average molecular weight is 432 g/mol. The summed E-state index contributed by atoms with van der Waals surface area (Å²) < 4.78 is 0. The number of nitrogens with zero attached hydrogens (tertiary/aromatic N) is 2. The Balaban J connectivity index is 1.39. The van der Waals surface area contributed by atoms with Gasteiger partial charge < -0.3 is 10.2 Å². The maximum atomic E-state index is 9.24. The summed E-state index contributed by atoms with van der Waals surface area (Å²) in [5.41, 5.74) is 4.60. The molecule has 33 heavy (non-hydrogen) atoms. The minimum Gasteiger partial charge on any atom is -0.367 e. The van der Waals surface area contributed by atoms with E-state index in [-0.39, 0.29) is 0 Å². The highest BCUT2D eigenvalue weighted by Crippen LogP contribution is 2.27. The van der Waals surface area contributed by atoms with Crippen molar-refractivity contribution in [2.75, 3.05) is 24.5 Å². The van der Waals surface area contributed by atoms with E-state index in [0.29, 0.717) is 17.4 Å². The molecule has 1 aliphatic heterocycles. The molecule has 1 N–H and O–H groups in total. The van der Waals surface area contributed by atoms with Crippen LogP contribution in [0.4, 0.5) is 5.69 Å². The molecule has 0 bridgehead atoms. The van der Waals surface area contributed by atoms with Crippen molar-refractivity contribution in [1.29, 1.82) is 5.26 Å². The van der Waals surface area contributed by atoms with Crippen LogP contribution in [0.15, 0.2) is 97.1 Å². The lowest BCUT2D eigenvalue weighted by atomic mass is 9.89. The third-order valence-electron chi connectivity index (χ3n) is 6.82. The van der Waals surface area contributed by atoms with E-state index in [1.807, 2.05) is 12.1 Å². The quantitative estimate of drug-likeness (QED) is 0.402. The third kappa shape index (κ3) is 5.08. The lowest BCUT2D eigenvalue weighted by Crippen LogP contribution is -2.33. The molecule has 0 aliphatic carbocycles. The van der Waals surface area contributed by atoms with Gasteiger partial charge in [0.25, 0.3) is 0 Å². The van der Waals surface area contributed by atoms with Crippen molar-refractivity contribution in [2.24, 2.45) is 11.8 Å². The predicted octanol–water partition coefficient (Wildman–Crippen LogP) is 5.80. The van der Waals surface area contributed by atoms with Crippen LogP contribution in [0, 0.1) is 23.2 Å². The molecule has 0 spiro atoms. The normalized spacial score (nSPS) is 17.7. The summed E-state index contributed by atoms with van der Waals surface area (Å²) in [7, 11) is 0. The van der Waals surface area contributed by atoms with Crippen LogP contribution in [0.25, 0.3) is 10.8 Å². The lowest BCUT2D eigenvalue weighted by molar-refractivity contribution is 0.413. The molecule has 0 amide bonds. The SMILES string of the molecule is N#Cc1ccc(N(Cc2ccc3ccccc3c2)CC2CNCC2Cc2ccccc2)cc1. The van der Waals surface area contributed by atoms with Crippen LogP contribution >= 0.6 is 0 Å². The Morgan fingerprint density at radius 3 is 2.27 bits per heavy atom. The minimum atomic E-state index is 0.571. The number of nitrogens with one attached hydrogen (secondary N) is 1. The van der Waals surface area contributed by atoms with E-state index in [1.165, 1.54) is 27.6 Å². The summed E-state index contributed by atoms with van der Waals surface area (Å²) in [4.78, 5) is 2.49. The number of fused-ring (bicyclic) bond motifs is 1. The topological polar surface area (TPSA) is 39.1 Å². The predicted molar refractivity (Wildman–Crippen MR) is 136 cm³/mol. The molecule has 3 heteroatoms. The summed E-state index contributed by atoms with van der Waals surface area (Å²) in [5, 5.41) is 15.4. The van der Waals surface area contributed by atoms with E-state index < -0.39 is 0 Å². The fourth-order valence-electron chi connectivity index (χ4n) is 5.01. The summed E-state index contributed by atoms with van der Waals surface area (Å²) in [6, 6.07) is 36.4. The Hall–Kier alpha value is -3.61. The summed E-state index contributed by atoms with van der Waals surface area (Å²) in [6.45, 7) is 3.95. The van der Waals surface area contributed by atoms with E-state index in [1.54, 1.807) is 0 Å². The third-order valence-corrected chi connectivity index (χ3v) is 6.82. The van der Waals surface area contributed by atoms with Gasteiger partial charge in [-0.15, -0.1) is 0 Å². The van der Waals surface area contributed by atoms with Gasteiger partial charge in [0.2, 0.25) is 0 Å². The minimum absolute atomic E-state index is 0.571. The first-order valence-corrected chi connectivity index (χ1v) is 11.8. The second-order valence-corrected chi connectivity index (χ2v) is 9.09. The molecule has 3 nitrogen and oxygen atoms in total. The second-order valence-electron chi connectivity index (χ2n) is 9.09. The van der Waals surface area contributed by atoms with Crippen molar-refractivity contribution in [1.82, 2.24) is 5.32 Å². The molecule has 0 radical (unpaired) electrons. The largest absolute Gasteiger partial charge is 0.367 e. The van der Waals surface area contributed by atoms with E-state index in [2.05, 4.69) is 101 Å². The van der Waals surface area contributed by atoms with Gasteiger partial charge in [-0.2, -0.15) is 5.26 Å². The second kappa shape index (κ2) is 9.90. The van der Waals surface area contributed by atoms with Gasteiger partial charge in [-0.25, -0.2) is 0 Å². The van der Waals surface area contributed by atoms with Crippen molar-refractivity contribution >= 4 is 16.5 Å².